The summed E-state index contributed by atoms with van der Waals surface area (Å²) in [5.74, 6) is -0.773. The molecule has 1 aromatic carbocycles. The van der Waals surface area contributed by atoms with E-state index in [1.165, 1.54) is 4.68 Å². The summed E-state index contributed by atoms with van der Waals surface area (Å²) in [7, 11) is 0. The van der Waals surface area contributed by atoms with E-state index in [-0.39, 0.29) is 18.2 Å². The molecule has 2 heterocycles. The van der Waals surface area contributed by atoms with Gasteiger partial charge in [0, 0.05) is 18.2 Å². The Bertz CT molecular complexity index is 1100. The van der Waals surface area contributed by atoms with E-state index in [4.69, 9.17) is 16.3 Å². The zero-order valence-corrected chi connectivity index (χ0v) is 18.4. The van der Waals surface area contributed by atoms with Gasteiger partial charge in [0.1, 0.15) is 15.8 Å². The molecule has 0 radical (unpaired) electrons. The number of hydrogen-bond acceptors (Lipinski definition) is 5. The van der Waals surface area contributed by atoms with Gasteiger partial charge < -0.3 is 10.1 Å². The van der Waals surface area contributed by atoms with E-state index >= 15 is 0 Å². The number of ether oxygens (including phenoxy) is 1. The summed E-state index contributed by atoms with van der Waals surface area (Å²) in [6, 6.07) is 14.5. The summed E-state index contributed by atoms with van der Waals surface area (Å²) in [6.07, 6.45) is 2.02. The van der Waals surface area contributed by atoms with E-state index in [0.717, 1.165) is 5.56 Å². The molecule has 0 aliphatic heterocycles. The molecule has 154 valence electrons. The summed E-state index contributed by atoms with van der Waals surface area (Å²) in [6.45, 7) is 1.97. The number of esters is 1. The largest absolute Gasteiger partial charge is 0.464 e. The van der Waals surface area contributed by atoms with Crippen molar-refractivity contribution in [1.29, 1.82) is 0 Å². The molecule has 1 aliphatic carbocycles. The first-order valence-electron chi connectivity index (χ1n) is 9.37. The quantitative estimate of drug-likeness (QED) is 0.531. The molecule has 7 nitrogen and oxygen atoms in total. The zero-order valence-electron chi connectivity index (χ0n) is 16.0. The minimum absolute atomic E-state index is 0.167. The number of nitrogens with zero attached hydrogens (tertiary/aromatic N) is 3. The average molecular weight is 490 g/mol. The third-order valence-corrected chi connectivity index (χ3v) is 5.67. The molecule has 1 aliphatic rings. The molecule has 30 heavy (non-hydrogen) atoms. The molecule has 1 saturated carbocycles. The molecule has 4 rings (SSSR count). The number of benzene rings is 1. The molecule has 1 fully saturated rings. The van der Waals surface area contributed by atoms with Gasteiger partial charge in [0.25, 0.3) is 5.91 Å². The average Bonchev–Trinajstić information content (AvgIpc) is 3.34. The van der Waals surface area contributed by atoms with Gasteiger partial charge in [0.2, 0.25) is 0 Å². The third kappa shape index (κ3) is 3.73. The summed E-state index contributed by atoms with van der Waals surface area (Å²) >= 11 is 9.54. The first-order chi connectivity index (χ1) is 14.5. The van der Waals surface area contributed by atoms with Crippen LogP contribution in [0.3, 0.4) is 0 Å². The number of pyridine rings is 1. The first-order valence-corrected chi connectivity index (χ1v) is 10.5. The molecule has 9 heteroatoms. The lowest BCUT2D eigenvalue weighted by atomic mass is 10.1. The van der Waals surface area contributed by atoms with Crippen molar-refractivity contribution in [1.82, 2.24) is 20.1 Å². The Labute approximate surface area is 186 Å². The van der Waals surface area contributed by atoms with Gasteiger partial charge in [-0.05, 0) is 47.0 Å². The fourth-order valence-electron chi connectivity index (χ4n) is 3.50. The van der Waals surface area contributed by atoms with Crippen LogP contribution in [0.2, 0.25) is 5.02 Å². The first kappa shape index (κ1) is 20.6. The highest BCUT2D eigenvalue weighted by Gasteiger charge is 2.63. The Kier molecular flexibility index (Phi) is 5.62. The SMILES string of the molecule is CCOC(=O)C1(NC(=O)c2cc(Br)nn2-c2ncccc2Cl)CC1c1ccccc1. The van der Waals surface area contributed by atoms with Crippen molar-refractivity contribution in [3.8, 4) is 5.82 Å². The van der Waals surface area contributed by atoms with E-state index < -0.39 is 17.4 Å². The molecular weight excluding hydrogens is 472 g/mol. The molecule has 3 aromatic rings. The summed E-state index contributed by atoms with van der Waals surface area (Å²) < 4.78 is 7.07. The predicted octanol–water partition coefficient (Wildman–Crippen LogP) is 3.90. The Hall–Kier alpha value is -2.71. The maximum absolute atomic E-state index is 13.2. The fourth-order valence-corrected chi connectivity index (χ4v) is 4.08. The smallest absolute Gasteiger partial charge is 0.332 e. The number of amides is 1. The minimum Gasteiger partial charge on any atom is -0.464 e. The lowest BCUT2D eigenvalue weighted by Crippen LogP contribution is -2.46. The summed E-state index contributed by atoms with van der Waals surface area (Å²) in [5.41, 5.74) is 0.0439. The highest BCUT2D eigenvalue weighted by atomic mass is 79.9. The molecule has 0 bridgehead atoms. The van der Waals surface area contributed by atoms with E-state index in [1.807, 2.05) is 30.3 Å². The Morgan fingerprint density at radius 2 is 2.07 bits per heavy atom. The summed E-state index contributed by atoms with van der Waals surface area (Å²) in [5, 5.41) is 7.52. The van der Waals surface area contributed by atoms with Crippen LogP contribution in [-0.4, -0.2) is 38.8 Å². The van der Waals surface area contributed by atoms with Crippen LogP contribution in [0.4, 0.5) is 0 Å². The van der Waals surface area contributed by atoms with Crippen LogP contribution in [0.5, 0.6) is 0 Å². The Balaban J connectivity index is 1.67. The number of carbonyl (C=O) groups excluding carboxylic acids is 2. The lowest BCUT2D eigenvalue weighted by Gasteiger charge is -2.18. The topological polar surface area (TPSA) is 86.1 Å². The van der Waals surface area contributed by atoms with Crippen molar-refractivity contribution in [3.63, 3.8) is 0 Å². The van der Waals surface area contributed by atoms with Gasteiger partial charge in [-0.25, -0.2) is 14.5 Å². The highest BCUT2D eigenvalue weighted by Crippen LogP contribution is 2.52. The number of nitrogens with one attached hydrogen (secondary N) is 1. The van der Waals surface area contributed by atoms with Gasteiger partial charge in [-0.15, -0.1) is 0 Å². The maximum atomic E-state index is 13.2. The molecule has 0 saturated heterocycles. The van der Waals surface area contributed by atoms with Crippen molar-refractivity contribution < 1.29 is 14.3 Å². The Morgan fingerprint density at radius 3 is 2.77 bits per heavy atom. The van der Waals surface area contributed by atoms with Crippen LogP contribution >= 0.6 is 27.5 Å². The second kappa shape index (κ2) is 8.20. The molecule has 2 atom stereocenters. The second-order valence-corrected chi connectivity index (χ2v) is 8.11. The van der Waals surface area contributed by atoms with E-state index in [9.17, 15) is 9.59 Å². The van der Waals surface area contributed by atoms with Gasteiger partial charge in [-0.2, -0.15) is 5.10 Å². The van der Waals surface area contributed by atoms with Crippen molar-refractivity contribution in [2.24, 2.45) is 0 Å². The van der Waals surface area contributed by atoms with Gasteiger partial charge in [0.05, 0.1) is 11.6 Å². The molecule has 0 spiro atoms. The number of rotatable bonds is 6. The second-order valence-electron chi connectivity index (χ2n) is 6.89. The molecule has 1 N–H and O–H groups in total. The van der Waals surface area contributed by atoms with Crippen molar-refractivity contribution in [3.05, 3.63) is 75.6 Å². The highest BCUT2D eigenvalue weighted by molar-refractivity contribution is 9.10. The van der Waals surface area contributed by atoms with E-state index in [1.54, 1.807) is 31.3 Å². The molecule has 1 amide bonds. The van der Waals surface area contributed by atoms with Crippen molar-refractivity contribution >= 4 is 39.4 Å². The lowest BCUT2D eigenvalue weighted by molar-refractivity contribution is -0.146. The molecule has 2 unspecified atom stereocenters. The monoisotopic (exact) mass is 488 g/mol. The third-order valence-electron chi connectivity index (χ3n) is 4.99. The standard InChI is InChI=1S/C21H18BrClN4O3/c1-2-30-20(29)21(12-14(21)13-7-4-3-5-8-13)25-19(28)16-11-17(22)26-27(16)18-15(23)9-6-10-24-18/h3-11,14H,2,12H2,1H3,(H,25,28). The Morgan fingerprint density at radius 1 is 1.30 bits per heavy atom. The van der Waals surface area contributed by atoms with Crippen LogP contribution in [-0.2, 0) is 9.53 Å². The predicted molar refractivity (Wildman–Crippen MR) is 115 cm³/mol. The fraction of sp³-hybridized carbons (Fsp3) is 0.238. The molecular formula is C21H18BrClN4O3. The zero-order chi connectivity index (χ0) is 21.3. The van der Waals surface area contributed by atoms with Gasteiger partial charge in [0.15, 0.2) is 5.82 Å². The van der Waals surface area contributed by atoms with Gasteiger partial charge >= 0.3 is 5.97 Å². The number of halogens is 2. The van der Waals surface area contributed by atoms with E-state index in [0.29, 0.717) is 21.9 Å². The van der Waals surface area contributed by atoms with Gasteiger partial charge in [-0.3, -0.25) is 4.79 Å². The van der Waals surface area contributed by atoms with Crippen LogP contribution in [0.15, 0.2) is 59.3 Å². The van der Waals surface area contributed by atoms with Crippen LogP contribution < -0.4 is 5.32 Å². The molecule has 2 aromatic heterocycles. The summed E-state index contributed by atoms with van der Waals surface area (Å²) in [4.78, 5) is 30.2. The van der Waals surface area contributed by atoms with Gasteiger partial charge in [-0.1, -0.05) is 41.9 Å². The maximum Gasteiger partial charge on any atom is 0.332 e. The van der Waals surface area contributed by atoms with Crippen LogP contribution in [0.25, 0.3) is 5.82 Å². The number of hydrogen-bond donors (Lipinski definition) is 1. The van der Waals surface area contributed by atoms with Crippen molar-refractivity contribution in [2.45, 2.75) is 24.8 Å². The van der Waals surface area contributed by atoms with Crippen LogP contribution in [0, 0.1) is 0 Å². The number of carbonyl (C=O) groups is 2. The minimum atomic E-state index is -1.12. The number of aromatic nitrogens is 3. The van der Waals surface area contributed by atoms with Crippen molar-refractivity contribution in [2.75, 3.05) is 6.61 Å². The van der Waals surface area contributed by atoms with Crippen LogP contribution in [0.1, 0.15) is 35.3 Å². The van der Waals surface area contributed by atoms with E-state index in [2.05, 4.69) is 31.3 Å². The normalized spacial score (nSPS) is 19.9.